The molecule has 0 saturated heterocycles. The van der Waals surface area contributed by atoms with Crippen LogP contribution in [0.3, 0.4) is 0 Å². The van der Waals surface area contributed by atoms with Crippen LogP contribution in [0.2, 0.25) is 0 Å². The molecule has 0 radical (unpaired) electrons. The van der Waals surface area contributed by atoms with Crippen molar-refractivity contribution in [3.63, 3.8) is 0 Å². The summed E-state index contributed by atoms with van der Waals surface area (Å²) in [4.78, 5) is 28.2. The molecule has 0 atom stereocenters. The van der Waals surface area contributed by atoms with Gasteiger partial charge in [-0.15, -0.1) is 0 Å². The SMILES string of the molecule is COCCNC(=O)c1cncc(C(=O)NCc2ccccc2C)c1. The minimum Gasteiger partial charge on any atom is -0.383 e. The van der Waals surface area contributed by atoms with Gasteiger partial charge in [0, 0.05) is 32.6 Å². The van der Waals surface area contributed by atoms with Crippen molar-refractivity contribution < 1.29 is 14.3 Å². The molecule has 0 aliphatic rings. The quantitative estimate of drug-likeness (QED) is 0.759. The number of carbonyl (C=O) groups excluding carboxylic acids is 2. The van der Waals surface area contributed by atoms with Gasteiger partial charge in [-0.2, -0.15) is 0 Å². The Kier molecular flexibility index (Phi) is 6.45. The van der Waals surface area contributed by atoms with Crippen LogP contribution in [-0.4, -0.2) is 37.1 Å². The topological polar surface area (TPSA) is 80.3 Å². The van der Waals surface area contributed by atoms with Crippen LogP contribution in [0.25, 0.3) is 0 Å². The van der Waals surface area contributed by atoms with Crippen LogP contribution in [0.4, 0.5) is 0 Å². The molecule has 126 valence electrons. The molecule has 6 nitrogen and oxygen atoms in total. The van der Waals surface area contributed by atoms with E-state index in [4.69, 9.17) is 4.74 Å². The lowest BCUT2D eigenvalue weighted by Crippen LogP contribution is -2.28. The lowest BCUT2D eigenvalue weighted by molar-refractivity contribution is 0.0936. The molecule has 2 N–H and O–H groups in total. The number of nitrogens with zero attached hydrogens (tertiary/aromatic N) is 1. The van der Waals surface area contributed by atoms with Gasteiger partial charge in [-0.1, -0.05) is 24.3 Å². The van der Waals surface area contributed by atoms with Crippen molar-refractivity contribution in [3.8, 4) is 0 Å². The van der Waals surface area contributed by atoms with E-state index in [0.717, 1.165) is 11.1 Å². The number of hydrogen-bond donors (Lipinski definition) is 2. The van der Waals surface area contributed by atoms with E-state index >= 15 is 0 Å². The zero-order valence-electron chi connectivity index (χ0n) is 13.8. The van der Waals surface area contributed by atoms with E-state index in [1.807, 2.05) is 31.2 Å². The third-order valence-corrected chi connectivity index (χ3v) is 3.56. The first kappa shape index (κ1) is 17.6. The van der Waals surface area contributed by atoms with Crippen LogP contribution in [0.15, 0.2) is 42.7 Å². The van der Waals surface area contributed by atoms with Crippen LogP contribution in [0.5, 0.6) is 0 Å². The number of rotatable bonds is 7. The number of ether oxygens (including phenoxy) is 1. The molecule has 1 heterocycles. The summed E-state index contributed by atoms with van der Waals surface area (Å²) in [5.41, 5.74) is 2.85. The van der Waals surface area contributed by atoms with E-state index in [1.54, 1.807) is 7.11 Å². The highest BCUT2D eigenvalue weighted by Gasteiger charge is 2.11. The highest BCUT2D eigenvalue weighted by molar-refractivity contribution is 5.99. The Hall–Kier alpha value is -2.73. The van der Waals surface area contributed by atoms with Gasteiger partial charge in [-0.05, 0) is 24.1 Å². The molecule has 0 spiro atoms. The first-order valence-electron chi connectivity index (χ1n) is 7.66. The number of nitrogens with one attached hydrogen (secondary N) is 2. The molecule has 0 aliphatic carbocycles. The number of carbonyl (C=O) groups is 2. The molecule has 24 heavy (non-hydrogen) atoms. The number of aromatic nitrogens is 1. The lowest BCUT2D eigenvalue weighted by Gasteiger charge is -2.09. The van der Waals surface area contributed by atoms with E-state index in [2.05, 4.69) is 15.6 Å². The van der Waals surface area contributed by atoms with Crippen molar-refractivity contribution in [2.45, 2.75) is 13.5 Å². The summed E-state index contributed by atoms with van der Waals surface area (Å²) >= 11 is 0. The average molecular weight is 327 g/mol. The van der Waals surface area contributed by atoms with Gasteiger partial charge in [-0.3, -0.25) is 14.6 Å². The molecule has 1 aromatic heterocycles. The van der Waals surface area contributed by atoms with Crippen LogP contribution in [-0.2, 0) is 11.3 Å². The van der Waals surface area contributed by atoms with E-state index in [0.29, 0.717) is 30.8 Å². The Morgan fingerprint density at radius 2 is 1.75 bits per heavy atom. The number of amides is 2. The second-order valence-electron chi connectivity index (χ2n) is 5.32. The van der Waals surface area contributed by atoms with E-state index in [-0.39, 0.29) is 11.8 Å². The first-order chi connectivity index (χ1) is 11.6. The van der Waals surface area contributed by atoms with Gasteiger partial charge in [0.25, 0.3) is 11.8 Å². The first-order valence-corrected chi connectivity index (χ1v) is 7.66. The standard InChI is InChI=1S/C18H21N3O3/c1-13-5-3-4-6-14(13)12-21-18(23)16-9-15(10-19-11-16)17(22)20-7-8-24-2/h3-6,9-11H,7-8,12H2,1-2H3,(H,20,22)(H,21,23). The molecule has 0 unspecified atom stereocenters. The van der Waals surface area contributed by atoms with Crippen molar-refractivity contribution in [3.05, 3.63) is 65.0 Å². The summed E-state index contributed by atoms with van der Waals surface area (Å²) < 4.78 is 4.88. The molecular weight excluding hydrogens is 306 g/mol. The van der Waals surface area contributed by atoms with Crippen molar-refractivity contribution in [2.24, 2.45) is 0 Å². The summed E-state index contributed by atoms with van der Waals surface area (Å²) in [5.74, 6) is -0.551. The monoisotopic (exact) mass is 327 g/mol. The van der Waals surface area contributed by atoms with Gasteiger partial charge < -0.3 is 15.4 Å². The second kappa shape index (κ2) is 8.79. The fraction of sp³-hybridized carbons (Fsp3) is 0.278. The Balaban J connectivity index is 1.98. The summed E-state index contributed by atoms with van der Waals surface area (Å²) in [7, 11) is 1.56. The number of pyridine rings is 1. The number of benzene rings is 1. The molecule has 0 bridgehead atoms. The van der Waals surface area contributed by atoms with Gasteiger partial charge in [0.2, 0.25) is 0 Å². The van der Waals surface area contributed by atoms with Crippen molar-refractivity contribution >= 4 is 11.8 Å². The van der Waals surface area contributed by atoms with Gasteiger partial charge in [0.15, 0.2) is 0 Å². The second-order valence-corrected chi connectivity index (χ2v) is 5.32. The lowest BCUT2D eigenvalue weighted by atomic mass is 10.1. The third kappa shape index (κ3) is 4.89. The van der Waals surface area contributed by atoms with Gasteiger partial charge in [0.1, 0.15) is 0 Å². The van der Waals surface area contributed by atoms with Crippen LogP contribution in [0.1, 0.15) is 31.8 Å². The van der Waals surface area contributed by atoms with Gasteiger partial charge >= 0.3 is 0 Å². The molecule has 2 aromatic rings. The Bertz CT molecular complexity index is 716. The van der Waals surface area contributed by atoms with Crippen molar-refractivity contribution in [2.75, 3.05) is 20.3 Å². The normalized spacial score (nSPS) is 10.2. The minimum absolute atomic E-state index is 0.266. The molecule has 0 saturated carbocycles. The fourth-order valence-corrected chi connectivity index (χ4v) is 2.14. The van der Waals surface area contributed by atoms with Crippen LogP contribution < -0.4 is 10.6 Å². The maximum absolute atomic E-state index is 12.3. The number of hydrogen-bond acceptors (Lipinski definition) is 4. The Labute approximate surface area is 141 Å². The van der Waals surface area contributed by atoms with Crippen LogP contribution in [0, 0.1) is 6.92 Å². The number of aryl methyl sites for hydroxylation is 1. The smallest absolute Gasteiger partial charge is 0.253 e. The minimum atomic E-state index is -0.284. The highest BCUT2D eigenvalue weighted by Crippen LogP contribution is 2.08. The van der Waals surface area contributed by atoms with Crippen LogP contribution >= 0.6 is 0 Å². The van der Waals surface area contributed by atoms with E-state index < -0.39 is 0 Å². The van der Waals surface area contributed by atoms with Crippen molar-refractivity contribution in [1.29, 1.82) is 0 Å². The molecule has 2 rings (SSSR count). The molecule has 2 amide bonds. The molecule has 1 aromatic carbocycles. The molecular formula is C18H21N3O3. The zero-order valence-corrected chi connectivity index (χ0v) is 13.8. The largest absolute Gasteiger partial charge is 0.383 e. The highest BCUT2D eigenvalue weighted by atomic mass is 16.5. The predicted molar refractivity (Wildman–Crippen MR) is 90.8 cm³/mol. The molecule has 6 heteroatoms. The Morgan fingerprint density at radius 3 is 2.42 bits per heavy atom. The van der Waals surface area contributed by atoms with E-state index in [1.165, 1.54) is 18.5 Å². The van der Waals surface area contributed by atoms with Crippen molar-refractivity contribution in [1.82, 2.24) is 15.6 Å². The molecule has 0 aliphatic heterocycles. The fourth-order valence-electron chi connectivity index (χ4n) is 2.14. The molecule has 0 fully saturated rings. The summed E-state index contributed by atoms with van der Waals surface area (Å²) in [5, 5.41) is 5.54. The Morgan fingerprint density at radius 1 is 1.08 bits per heavy atom. The maximum atomic E-state index is 12.3. The predicted octanol–water partition coefficient (Wildman–Crippen LogP) is 1.70. The van der Waals surface area contributed by atoms with Gasteiger partial charge in [0.05, 0.1) is 17.7 Å². The number of methoxy groups -OCH3 is 1. The third-order valence-electron chi connectivity index (χ3n) is 3.56. The average Bonchev–Trinajstić information content (AvgIpc) is 2.61. The van der Waals surface area contributed by atoms with E-state index in [9.17, 15) is 9.59 Å². The summed E-state index contributed by atoms with van der Waals surface area (Å²) in [6.45, 7) is 3.25. The van der Waals surface area contributed by atoms with Gasteiger partial charge in [-0.25, -0.2) is 0 Å². The maximum Gasteiger partial charge on any atom is 0.253 e. The summed E-state index contributed by atoms with van der Waals surface area (Å²) in [6.07, 6.45) is 2.87. The zero-order chi connectivity index (χ0) is 17.4. The summed E-state index contributed by atoms with van der Waals surface area (Å²) in [6, 6.07) is 9.38.